The molecule has 0 heterocycles. The molecule has 0 aliphatic heterocycles. The highest BCUT2D eigenvalue weighted by molar-refractivity contribution is 7.80. The molecule has 0 aliphatic carbocycles. The molecule has 0 aliphatic rings. The lowest BCUT2D eigenvalue weighted by Gasteiger charge is -2.15. The summed E-state index contributed by atoms with van der Waals surface area (Å²) in [5.41, 5.74) is 9.22. The van der Waals surface area contributed by atoms with Crippen LogP contribution in [-0.4, -0.2) is 17.2 Å². The number of amides is 1. The first-order chi connectivity index (χ1) is 3.50. The van der Waals surface area contributed by atoms with Crippen LogP contribution in [0.4, 0.5) is 0 Å². The fourth-order valence-electron chi connectivity index (χ4n) is 0.0779. The number of nitrogens with two attached hydrogens (primary N) is 2. The van der Waals surface area contributed by atoms with Gasteiger partial charge in [-0.25, -0.2) is 0 Å². The third-order valence-corrected chi connectivity index (χ3v) is 1.55. The molecular formula is C4H10N2OS. The summed E-state index contributed by atoms with van der Waals surface area (Å²) in [6.45, 7) is 1.54. The molecule has 0 aromatic rings. The SMILES string of the molecule is CC(N)(CS)C(N)=O. The molecule has 4 heteroatoms. The molecule has 1 atom stereocenters. The van der Waals surface area contributed by atoms with Crippen LogP contribution in [-0.2, 0) is 4.79 Å². The lowest BCUT2D eigenvalue weighted by Crippen LogP contribution is -2.50. The predicted octanol–water partition coefficient (Wildman–Crippen LogP) is -0.881. The Bertz CT molecular complexity index is 102. The van der Waals surface area contributed by atoms with Gasteiger partial charge in [-0.2, -0.15) is 12.6 Å². The Hall–Kier alpha value is -0.220. The van der Waals surface area contributed by atoms with Crippen LogP contribution in [0.3, 0.4) is 0 Å². The molecule has 0 aromatic carbocycles. The van der Waals surface area contributed by atoms with Crippen molar-refractivity contribution >= 4 is 18.5 Å². The average Bonchev–Trinajstić information content (AvgIpc) is 1.67. The van der Waals surface area contributed by atoms with Crippen LogP contribution in [0.1, 0.15) is 6.92 Å². The van der Waals surface area contributed by atoms with Crippen LogP contribution >= 0.6 is 12.6 Å². The molecule has 0 fully saturated rings. The van der Waals surface area contributed by atoms with E-state index >= 15 is 0 Å². The van der Waals surface area contributed by atoms with Crippen LogP contribution < -0.4 is 11.5 Å². The molecule has 0 aromatic heterocycles. The molecule has 3 nitrogen and oxygen atoms in total. The summed E-state index contributed by atoms with van der Waals surface area (Å²) in [4.78, 5) is 10.3. The van der Waals surface area contributed by atoms with Crippen LogP contribution in [0, 0.1) is 0 Å². The average molecular weight is 134 g/mol. The maximum Gasteiger partial charge on any atom is 0.238 e. The Balaban J connectivity index is 3.91. The van der Waals surface area contributed by atoms with E-state index in [1.807, 2.05) is 0 Å². The minimum Gasteiger partial charge on any atom is -0.368 e. The van der Waals surface area contributed by atoms with Crippen LogP contribution in [0.15, 0.2) is 0 Å². The van der Waals surface area contributed by atoms with E-state index in [1.165, 1.54) is 0 Å². The van der Waals surface area contributed by atoms with Crippen LogP contribution in [0.2, 0.25) is 0 Å². The minimum atomic E-state index is -0.955. The van der Waals surface area contributed by atoms with Gasteiger partial charge in [0.15, 0.2) is 0 Å². The van der Waals surface area contributed by atoms with E-state index in [0.29, 0.717) is 0 Å². The van der Waals surface area contributed by atoms with Crippen LogP contribution in [0.5, 0.6) is 0 Å². The van der Waals surface area contributed by atoms with Crippen molar-refractivity contribution in [1.82, 2.24) is 0 Å². The molecule has 4 N–H and O–H groups in total. The third-order valence-electron chi connectivity index (χ3n) is 0.891. The fourth-order valence-corrected chi connectivity index (χ4v) is 0.234. The number of carbonyl (C=O) groups is 1. The standard InChI is InChI=1S/C4H10N2OS/c1-4(6,2-8)3(5)7/h8H,2,6H2,1H3,(H2,5,7). The summed E-state index contributed by atoms with van der Waals surface area (Å²) >= 11 is 3.81. The summed E-state index contributed by atoms with van der Waals surface area (Å²) in [5, 5.41) is 0. The second kappa shape index (κ2) is 2.37. The first-order valence-electron chi connectivity index (χ1n) is 2.20. The van der Waals surface area contributed by atoms with Crippen molar-refractivity contribution in [3.8, 4) is 0 Å². The zero-order valence-electron chi connectivity index (χ0n) is 4.72. The monoisotopic (exact) mass is 134 g/mol. The summed E-state index contributed by atoms with van der Waals surface area (Å²) in [5.74, 6) is -0.241. The highest BCUT2D eigenvalue weighted by Gasteiger charge is 2.22. The summed E-state index contributed by atoms with van der Waals surface area (Å²) in [6, 6.07) is 0. The lowest BCUT2D eigenvalue weighted by molar-refractivity contribution is -0.121. The predicted molar refractivity (Wildman–Crippen MR) is 35.6 cm³/mol. The second-order valence-corrected chi connectivity index (χ2v) is 2.26. The summed E-state index contributed by atoms with van der Waals surface area (Å²) < 4.78 is 0. The fraction of sp³-hybridized carbons (Fsp3) is 0.750. The van der Waals surface area contributed by atoms with Gasteiger partial charge >= 0.3 is 0 Å². The van der Waals surface area contributed by atoms with Crippen molar-refractivity contribution in [1.29, 1.82) is 0 Å². The zero-order chi connectivity index (χ0) is 6.78. The van der Waals surface area contributed by atoms with Gasteiger partial charge < -0.3 is 11.5 Å². The molecule has 0 saturated carbocycles. The molecule has 0 bridgehead atoms. The van der Waals surface area contributed by atoms with Crippen molar-refractivity contribution in [3.05, 3.63) is 0 Å². The second-order valence-electron chi connectivity index (χ2n) is 1.94. The first-order valence-corrected chi connectivity index (χ1v) is 2.83. The Kier molecular flexibility index (Phi) is 2.30. The van der Waals surface area contributed by atoms with E-state index in [-0.39, 0.29) is 5.75 Å². The smallest absolute Gasteiger partial charge is 0.238 e. The molecular weight excluding hydrogens is 124 g/mol. The quantitative estimate of drug-likeness (QED) is 0.429. The summed E-state index contributed by atoms with van der Waals surface area (Å²) in [6.07, 6.45) is 0. The number of rotatable bonds is 2. The Morgan fingerprint density at radius 1 is 1.88 bits per heavy atom. The maximum absolute atomic E-state index is 10.3. The highest BCUT2D eigenvalue weighted by atomic mass is 32.1. The van der Waals surface area contributed by atoms with Gasteiger partial charge in [0.2, 0.25) is 5.91 Å². The molecule has 8 heavy (non-hydrogen) atoms. The molecule has 1 amide bonds. The van der Waals surface area contributed by atoms with Crippen molar-refractivity contribution in [3.63, 3.8) is 0 Å². The third kappa shape index (κ3) is 1.71. The molecule has 0 saturated heterocycles. The lowest BCUT2D eigenvalue weighted by atomic mass is 10.1. The van der Waals surface area contributed by atoms with Crippen LogP contribution in [0.25, 0.3) is 0 Å². The van der Waals surface area contributed by atoms with Gasteiger partial charge in [-0.05, 0) is 6.92 Å². The van der Waals surface area contributed by atoms with Gasteiger partial charge in [0.1, 0.15) is 5.54 Å². The maximum atomic E-state index is 10.3. The molecule has 48 valence electrons. The van der Waals surface area contributed by atoms with Crippen molar-refractivity contribution < 1.29 is 4.79 Å². The van der Waals surface area contributed by atoms with Gasteiger partial charge in [0.25, 0.3) is 0 Å². The molecule has 0 radical (unpaired) electrons. The van der Waals surface area contributed by atoms with E-state index in [2.05, 4.69) is 12.6 Å². The van der Waals surface area contributed by atoms with E-state index in [0.717, 1.165) is 0 Å². The van der Waals surface area contributed by atoms with Gasteiger partial charge in [0, 0.05) is 5.75 Å². The minimum absolute atomic E-state index is 0.280. The van der Waals surface area contributed by atoms with Gasteiger partial charge in [-0.1, -0.05) is 0 Å². The highest BCUT2D eigenvalue weighted by Crippen LogP contribution is 1.98. The van der Waals surface area contributed by atoms with Gasteiger partial charge in [0.05, 0.1) is 0 Å². The van der Waals surface area contributed by atoms with Crippen molar-refractivity contribution in [2.75, 3.05) is 5.75 Å². The largest absolute Gasteiger partial charge is 0.368 e. The van der Waals surface area contributed by atoms with Gasteiger partial charge in [-0.15, -0.1) is 0 Å². The normalized spacial score (nSPS) is 17.4. The Morgan fingerprint density at radius 3 is 2.25 bits per heavy atom. The molecule has 0 rings (SSSR count). The first kappa shape index (κ1) is 7.78. The van der Waals surface area contributed by atoms with Gasteiger partial charge in [-0.3, -0.25) is 4.79 Å². The Morgan fingerprint density at radius 2 is 2.25 bits per heavy atom. The molecule has 0 spiro atoms. The zero-order valence-corrected chi connectivity index (χ0v) is 5.61. The van der Waals surface area contributed by atoms with E-state index in [9.17, 15) is 4.79 Å². The number of primary amides is 1. The number of carbonyl (C=O) groups excluding carboxylic acids is 1. The Labute approximate surface area is 53.8 Å². The van der Waals surface area contributed by atoms with Crippen molar-refractivity contribution in [2.24, 2.45) is 11.5 Å². The number of hydrogen-bond donors (Lipinski definition) is 3. The van der Waals surface area contributed by atoms with E-state index in [4.69, 9.17) is 11.5 Å². The molecule has 1 unspecified atom stereocenters. The van der Waals surface area contributed by atoms with E-state index < -0.39 is 11.4 Å². The van der Waals surface area contributed by atoms with E-state index in [1.54, 1.807) is 6.92 Å². The number of thiol groups is 1. The topological polar surface area (TPSA) is 69.1 Å². The number of hydrogen-bond acceptors (Lipinski definition) is 3. The summed E-state index contributed by atoms with van der Waals surface area (Å²) in [7, 11) is 0. The van der Waals surface area contributed by atoms with Crippen molar-refractivity contribution in [2.45, 2.75) is 12.5 Å².